The molecule has 0 unspecified atom stereocenters. The summed E-state index contributed by atoms with van der Waals surface area (Å²) >= 11 is 1.47. The summed E-state index contributed by atoms with van der Waals surface area (Å²) in [4.78, 5) is 17.6. The Bertz CT molecular complexity index is 570. The third-order valence-electron chi connectivity index (χ3n) is 3.50. The summed E-state index contributed by atoms with van der Waals surface area (Å²) in [5.41, 5.74) is 0.993. The maximum atomic E-state index is 11.5. The molecule has 0 atom stereocenters. The highest BCUT2D eigenvalue weighted by molar-refractivity contribution is 7.13. The molecule has 0 saturated carbocycles. The lowest BCUT2D eigenvalue weighted by atomic mass is 10.1. The molecule has 1 saturated heterocycles. The van der Waals surface area contributed by atoms with Crippen molar-refractivity contribution in [1.82, 2.24) is 4.98 Å². The molecule has 1 aromatic rings. The number of esters is 1. The number of carbonyl (C=O) groups is 1. The fourth-order valence-electron chi connectivity index (χ4n) is 2.42. The van der Waals surface area contributed by atoms with E-state index in [1.165, 1.54) is 49.9 Å². The van der Waals surface area contributed by atoms with E-state index in [0.29, 0.717) is 5.13 Å². The number of quaternary nitrogens is 1. The van der Waals surface area contributed by atoms with Crippen LogP contribution in [0.3, 0.4) is 0 Å². The van der Waals surface area contributed by atoms with Crippen molar-refractivity contribution < 1.29 is 14.4 Å². The number of aromatic nitrogens is 1. The van der Waals surface area contributed by atoms with Crippen LogP contribution in [0.15, 0.2) is 17.2 Å². The van der Waals surface area contributed by atoms with Crippen LogP contribution in [0.25, 0.3) is 0 Å². The van der Waals surface area contributed by atoms with Gasteiger partial charge in [-0.2, -0.15) is 5.26 Å². The minimum Gasteiger partial charge on any atom is -0.462 e. The molecule has 0 bridgehead atoms. The fraction of sp³-hybridized carbons (Fsp3) is 0.533. The molecule has 2 rings (SSSR count). The molecule has 0 aromatic carbocycles. The molecule has 1 aliphatic heterocycles. The summed E-state index contributed by atoms with van der Waals surface area (Å²) in [6, 6.07) is 1.83. The van der Waals surface area contributed by atoms with Gasteiger partial charge in [-0.3, -0.25) is 0 Å². The summed E-state index contributed by atoms with van der Waals surface area (Å²) < 4.78 is 4.80. The maximum Gasteiger partial charge on any atom is 0.350 e. The second-order valence-electron chi connectivity index (χ2n) is 5.17. The molecule has 22 heavy (non-hydrogen) atoms. The molecule has 0 spiro atoms. The molecule has 2 N–H and O–H groups in total. The third-order valence-corrected chi connectivity index (χ3v) is 4.32. The van der Waals surface area contributed by atoms with Crippen LogP contribution < -0.4 is 10.2 Å². The highest BCUT2D eigenvalue weighted by atomic mass is 32.1. The Morgan fingerprint density at radius 1 is 1.55 bits per heavy atom. The predicted molar refractivity (Wildman–Crippen MR) is 84.3 cm³/mol. The Kier molecular flexibility index (Phi) is 6.37. The zero-order chi connectivity index (χ0) is 15.8. The van der Waals surface area contributed by atoms with E-state index in [9.17, 15) is 4.79 Å². The Morgan fingerprint density at radius 3 is 3.00 bits per heavy atom. The van der Waals surface area contributed by atoms with Gasteiger partial charge in [-0.1, -0.05) is 0 Å². The van der Waals surface area contributed by atoms with Gasteiger partial charge in [-0.05, 0) is 26.2 Å². The zero-order valence-corrected chi connectivity index (χ0v) is 13.5. The molecule has 0 radical (unpaired) electrons. The van der Waals surface area contributed by atoms with Gasteiger partial charge in [0.2, 0.25) is 0 Å². The van der Waals surface area contributed by atoms with Crippen molar-refractivity contribution in [1.29, 1.82) is 5.26 Å². The van der Waals surface area contributed by atoms with Crippen molar-refractivity contribution in [2.24, 2.45) is 0 Å². The molecule has 0 aliphatic carbocycles. The average Bonchev–Trinajstić information content (AvgIpc) is 2.97. The highest BCUT2D eigenvalue weighted by Crippen LogP contribution is 2.15. The minimum atomic E-state index is -0.618. The second-order valence-corrected chi connectivity index (χ2v) is 6.02. The summed E-state index contributed by atoms with van der Waals surface area (Å²) in [5, 5.41) is 14.6. The Balaban J connectivity index is 1.90. The van der Waals surface area contributed by atoms with Crippen molar-refractivity contribution >= 4 is 22.4 Å². The van der Waals surface area contributed by atoms with Crippen molar-refractivity contribution in [3.63, 3.8) is 0 Å². The van der Waals surface area contributed by atoms with Gasteiger partial charge in [0.05, 0.1) is 19.7 Å². The van der Waals surface area contributed by atoms with Gasteiger partial charge in [0, 0.05) is 11.6 Å². The molecule has 0 amide bonds. The van der Waals surface area contributed by atoms with Gasteiger partial charge in [0.15, 0.2) is 10.7 Å². The SMILES string of the molecule is CCOC(=O)/C(C#N)=C/Nc1nc(C[NH+]2CCCCC2)cs1. The predicted octanol–water partition coefficient (Wildman–Crippen LogP) is 1.09. The van der Waals surface area contributed by atoms with Gasteiger partial charge in [0.25, 0.3) is 0 Å². The van der Waals surface area contributed by atoms with E-state index in [2.05, 4.69) is 10.3 Å². The van der Waals surface area contributed by atoms with Gasteiger partial charge in [-0.25, -0.2) is 9.78 Å². The van der Waals surface area contributed by atoms with Crippen molar-refractivity contribution in [3.8, 4) is 6.07 Å². The number of nitrogens with one attached hydrogen (secondary N) is 2. The first-order valence-corrected chi connectivity index (χ1v) is 8.42. The smallest absolute Gasteiger partial charge is 0.350 e. The van der Waals surface area contributed by atoms with Gasteiger partial charge in [-0.15, -0.1) is 11.3 Å². The molecule has 1 fully saturated rings. The Labute approximate surface area is 134 Å². The number of anilines is 1. The molecular weight excluding hydrogens is 300 g/mol. The monoisotopic (exact) mass is 321 g/mol. The lowest BCUT2D eigenvalue weighted by molar-refractivity contribution is -0.918. The molecule has 7 heteroatoms. The number of hydrogen-bond donors (Lipinski definition) is 2. The first-order valence-electron chi connectivity index (χ1n) is 7.54. The maximum absolute atomic E-state index is 11.5. The highest BCUT2D eigenvalue weighted by Gasteiger charge is 2.15. The third kappa shape index (κ3) is 4.83. The van der Waals surface area contributed by atoms with Crippen LogP contribution >= 0.6 is 11.3 Å². The molecular formula is C15H21N4O2S+. The van der Waals surface area contributed by atoms with Crippen LogP contribution in [0.2, 0.25) is 0 Å². The van der Waals surface area contributed by atoms with Crippen molar-refractivity contribution in [2.75, 3.05) is 25.0 Å². The number of thiazole rings is 1. The van der Waals surface area contributed by atoms with Crippen molar-refractivity contribution in [2.45, 2.75) is 32.7 Å². The quantitative estimate of drug-likeness (QED) is 0.466. The lowest BCUT2D eigenvalue weighted by Crippen LogP contribution is -3.11. The van der Waals surface area contributed by atoms with Crippen LogP contribution in [0.1, 0.15) is 31.9 Å². The Morgan fingerprint density at radius 2 is 2.32 bits per heavy atom. The van der Waals surface area contributed by atoms with E-state index in [1.807, 2.05) is 11.4 Å². The number of nitrogens with zero attached hydrogens (tertiary/aromatic N) is 2. The molecule has 2 heterocycles. The van der Waals surface area contributed by atoms with Crippen LogP contribution in [0.5, 0.6) is 0 Å². The molecule has 118 valence electrons. The van der Waals surface area contributed by atoms with Crippen LogP contribution in [0, 0.1) is 11.3 Å². The van der Waals surface area contributed by atoms with Gasteiger partial charge in [0.1, 0.15) is 18.3 Å². The number of rotatable bonds is 6. The fourth-order valence-corrected chi connectivity index (χ4v) is 3.10. The van der Waals surface area contributed by atoms with Crippen LogP contribution in [0.4, 0.5) is 5.13 Å². The van der Waals surface area contributed by atoms with Gasteiger partial charge >= 0.3 is 5.97 Å². The number of nitriles is 1. The van der Waals surface area contributed by atoms with Crippen molar-refractivity contribution in [3.05, 3.63) is 22.8 Å². The summed E-state index contributed by atoms with van der Waals surface area (Å²) in [5.74, 6) is -0.618. The van der Waals surface area contributed by atoms with Gasteiger partial charge < -0.3 is 15.0 Å². The van der Waals surface area contributed by atoms with E-state index >= 15 is 0 Å². The molecule has 1 aliphatic rings. The molecule has 6 nitrogen and oxygen atoms in total. The number of piperidine rings is 1. The number of carbonyl (C=O) groups excluding carboxylic acids is 1. The number of ether oxygens (including phenoxy) is 1. The van der Waals surface area contributed by atoms with Crippen LogP contribution in [-0.2, 0) is 16.1 Å². The standard InChI is InChI=1S/C15H20N4O2S/c1-2-21-14(20)12(8-16)9-17-15-18-13(11-22-15)10-19-6-4-3-5-7-19/h9,11H,2-7,10H2,1H3,(H,17,18)/p+1/b12-9+. The van der Waals surface area contributed by atoms with E-state index in [0.717, 1.165) is 12.2 Å². The minimum absolute atomic E-state index is 0.0553. The normalized spacial score (nSPS) is 16.1. The molecule has 1 aromatic heterocycles. The topological polar surface area (TPSA) is 79.5 Å². The number of likely N-dealkylation sites (tertiary alicyclic amines) is 1. The van der Waals surface area contributed by atoms with E-state index in [1.54, 1.807) is 11.8 Å². The largest absolute Gasteiger partial charge is 0.462 e. The average molecular weight is 321 g/mol. The van der Waals surface area contributed by atoms with E-state index in [-0.39, 0.29) is 12.2 Å². The lowest BCUT2D eigenvalue weighted by Gasteiger charge is -2.22. The summed E-state index contributed by atoms with van der Waals surface area (Å²) in [7, 11) is 0. The second kappa shape index (κ2) is 8.51. The Hall–Kier alpha value is -1.91. The zero-order valence-electron chi connectivity index (χ0n) is 12.7. The number of hydrogen-bond acceptors (Lipinski definition) is 6. The first-order chi connectivity index (χ1) is 10.7. The van der Waals surface area contributed by atoms with Crippen LogP contribution in [-0.4, -0.2) is 30.6 Å². The summed E-state index contributed by atoms with van der Waals surface area (Å²) in [6.07, 6.45) is 5.27. The van der Waals surface area contributed by atoms with E-state index in [4.69, 9.17) is 10.00 Å². The summed E-state index contributed by atoms with van der Waals surface area (Å²) in [6.45, 7) is 5.31. The van der Waals surface area contributed by atoms with E-state index < -0.39 is 5.97 Å². The first kappa shape index (κ1) is 16.5.